The first-order chi connectivity index (χ1) is 8.45. The average Bonchev–Trinajstić information content (AvgIpc) is 2.30. The fourth-order valence-electron chi connectivity index (χ4n) is 1.79. The van der Waals surface area contributed by atoms with Gasteiger partial charge in [-0.2, -0.15) is 0 Å². The Bertz CT molecular complexity index is 418. The second-order valence-electron chi connectivity index (χ2n) is 4.51. The minimum atomic E-state index is -0.500. The molecule has 0 amide bonds. The Morgan fingerprint density at radius 3 is 2.61 bits per heavy atom. The minimum Gasteiger partial charge on any atom is -0.370 e. The molecule has 1 atom stereocenters. The largest absolute Gasteiger partial charge is 0.370 e. The van der Waals surface area contributed by atoms with E-state index >= 15 is 0 Å². The number of rotatable bonds is 6. The molecule has 1 aromatic carbocycles. The SMILES string of the molecule is CCOC(C(=O)Cc1ccc(Cl)c(F)c1)C(C)C. The van der Waals surface area contributed by atoms with Crippen molar-refractivity contribution < 1.29 is 13.9 Å². The Kier molecular flexibility index (Phi) is 5.76. The predicted octanol–water partition coefficient (Wildman–Crippen LogP) is 3.65. The van der Waals surface area contributed by atoms with Crippen molar-refractivity contribution in [1.29, 1.82) is 0 Å². The fourth-order valence-corrected chi connectivity index (χ4v) is 1.91. The number of Topliss-reactive ketones (excluding diaryl/α,β-unsaturated/α-hetero) is 1. The smallest absolute Gasteiger partial charge is 0.166 e. The first-order valence-corrected chi connectivity index (χ1v) is 6.41. The standard InChI is InChI=1S/C14H18ClFO2/c1-4-18-14(9(2)3)13(17)8-10-5-6-11(15)12(16)7-10/h5-7,9,14H,4,8H2,1-3H3. The topological polar surface area (TPSA) is 26.3 Å². The molecule has 0 heterocycles. The van der Waals surface area contributed by atoms with Gasteiger partial charge in [0.05, 0.1) is 5.02 Å². The third-order valence-electron chi connectivity index (χ3n) is 2.63. The summed E-state index contributed by atoms with van der Waals surface area (Å²) < 4.78 is 18.7. The minimum absolute atomic E-state index is 0.0337. The molecular weight excluding hydrogens is 255 g/mol. The van der Waals surface area contributed by atoms with Gasteiger partial charge in [0.1, 0.15) is 11.9 Å². The van der Waals surface area contributed by atoms with Gasteiger partial charge < -0.3 is 4.74 Å². The first kappa shape index (κ1) is 15.1. The molecule has 1 rings (SSSR count). The molecule has 0 N–H and O–H groups in total. The van der Waals surface area contributed by atoms with Gasteiger partial charge in [0.25, 0.3) is 0 Å². The number of hydrogen-bond donors (Lipinski definition) is 0. The van der Waals surface area contributed by atoms with Gasteiger partial charge in [0, 0.05) is 13.0 Å². The van der Waals surface area contributed by atoms with E-state index in [1.54, 1.807) is 6.07 Å². The van der Waals surface area contributed by atoms with E-state index in [4.69, 9.17) is 16.3 Å². The highest BCUT2D eigenvalue weighted by Crippen LogP contribution is 2.17. The maximum atomic E-state index is 13.3. The summed E-state index contributed by atoms with van der Waals surface area (Å²) in [6.45, 7) is 6.20. The van der Waals surface area contributed by atoms with E-state index < -0.39 is 11.9 Å². The zero-order valence-corrected chi connectivity index (χ0v) is 11.6. The van der Waals surface area contributed by atoms with E-state index in [0.29, 0.717) is 12.2 Å². The Labute approximate surface area is 112 Å². The molecule has 18 heavy (non-hydrogen) atoms. The van der Waals surface area contributed by atoms with E-state index in [1.807, 2.05) is 20.8 Å². The number of halogens is 2. The zero-order chi connectivity index (χ0) is 13.7. The monoisotopic (exact) mass is 272 g/mol. The molecule has 1 aromatic rings. The third-order valence-corrected chi connectivity index (χ3v) is 2.94. The number of ether oxygens (including phenoxy) is 1. The van der Waals surface area contributed by atoms with Crippen LogP contribution >= 0.6 is 11.6 Å². The van der Waals surface area contributed by atoms with Gasteiger partial charge in [0.2, 0.25) is 0 Å². The summed E-state index contributed by atoms with van der Waals surface area (Å²) in [7, 11) is 0. The molecule has 0 saturated carbocycles. The molecule has 100 valence electrons. The Hall–Kier alpha value is -0.930. The molecule has 0 saturated heterocycles. The second-order valence-corrected chi connectivity index (χ2v) is 4.92. The van der Waals surface area contributed by atoms with Crippen molar-refractivity contribution in [3.05, 3.63) is 34.6 Å². The van der Waals surface area contributed by atoms with E-state index in [-0.39, 0.29) is 23.1 Å². The number of hydrogen-bond acceptors (Lipinski definition) is 2. The Balaban J connectivity index is 2.76. The maximum absolute atomic E-state index is 13.3. The quantitative estimate of drug-likeness (QED) is 0.790. The van der Waals surface area contributed by atoms with E-state index in [9.17, 15) is 9.18 Å². The van der Waals surface area contributed by atoms with Gasteiger partial charge in [-0.25, -0.2) is 4.39 Å². The number of carbonyl (C=O) groups is 1. The highest BCUT2D eigenvalue weighted by molar-refractivity contribution is 6.30. The molecule has 0 bridgehead atoms. The fraction of sp³-hybridized carbons (Fsp3) is 0.500. The van der Waals surface area contributed by atoms with Crippen LogP contribution in [0.15, 0.2) is 18.2 Å². The molecule has 0 aliphatic carbocycles. The molecule has 0 aromatic heterocycles. The van der Waals surface area contributed by atoms with Crippen molar-refractivity contribution in [3.63, 3.8) is 0 Å². The van der Waals surface area contributed by atoms with Crippen LogP contribution in [-0.2, 0) is 16.0 Å². The lowest BCUT2D eigenvalue weighted by atomic mass is 9.97. The van der Waals surface area contributed by atoms with E-state index in [0.717, 1.165) is 0 Å². The molecule has 0 aliphatic rings. The molecule has 1 unspecified atom stereocenters. The van der Waals surface area contributed by atoms with Crippen LogP contribution in [0.3, 0.4) is 0 Å². The van der Waals surface area contributed by atoms with Gasteiger partial charge in [0.15, 0.2) is 5.78 Å². The van der Waals surface area contributed by atoms with Gasteiger partial charge in [-0.15, -0.1) is 0 Å². The summed E-state index contributed by atoms with van der Waals surface area (Å²) in [5.41, 5.74) is 0.618. The lowest BCUT2D eigenvalue weighted by molar-refractivity contribution is -0.132. The van der Waals surface area contributed by atoms with Crippen LogP contribution in [0.4, 0.5) is 4.39 Å². The van der Waals surface area contributed by atoms with Crippen molar-refractivity contribution in [1.82, 2.24) is 0 Å². The van der Waals surface area contributed by atoms with Crippen molar-refractivity contribution >= 4 is 17.4 Å². The first-order valence-electron chi connectivity index (χ1n) is 6.04. The lowest BCUT2D eigenvalue weighted by Crippen LogP contribution is -2.31. The maximum Gasteiger partial charge on any atom is 0.166 e. The summed E-state index contributed by atoms with van der Waals surface area (Å²) >= 11 is 5.60. The third kappa shape index (κ3) is 4.07. The second kappa shape index (κ2) is 6.86. The average molecular weight is 273 g/mol. The molecule has 0 aliphatic heterocycles. The van der Waals surface area contributed by atoms with E-state index in [2.05, 4.69) is 0 Å². The zero-order valence-electron chi connectivity index (χ0n) is 10.9. The molecule has 2 nitrogen and oxygen atoms in total. The van der Waals surface area contributed by atoms with Crippen LogP contribution in [0, 0.1) is 11.7 Å². The highest BCUT2D eigenvalue weighted by Gasteiger charge is 2.22. The number of benzene rings is 1. The molecule has 0 fully saturated rings. The van der Waals surface area contributed by atoms with Crippen molar-refractivity contribution in [2.24, 2.45) is 5.92 Å². The number of ketones is 1. The highest BCUT2D eigenvalue weighted by atomic mass is 35.5. The predicted molar refractivity (Wildman–Crippen MR) is 70.4 cm³/mol. The Morgan fingerprint density at radius 1 is 1.44 bits per heavy atom. The van der Waals surface area contributed by atoms with Gasteiger partial charge in [-0.1, -0.05) is 31.5 Å². The summed E-state index contributed by atoms with van der Waals surface area (Å²) in [4.78, 5) is 12.1. The molecular formula is C14H18ClFO2. The molecule has 0 spiro atoms. The van der Waals surface area contributed by atoms with Gasteiger partial charge in [-0.05, 0) is 30.5 Å². The normalized spacial score (nSPS) is 12.8. The summed E-state index contributed by atoms with van der Waals surface area (Å²) in [6, 6.07) is 4.42. The van der Waals surface area contributed by atoms with Crippen molar-refractivity contribution in [2.75, 3.05) is 6.61 Å². The molecule has 4 heteroatoms. The van der Waals surface area contributed by atoms with Gasteiger partial charge >= 0.3 is 0 Å². The van der Waals surface area contributed by atoms with Crippen LogP contribution in [0.1, 0.15) is 26.3 Å². The van der Waals surface area contributed by atoms with Crippen LogP contribution in [0.25, 0.3) is 0 Å². The summed E-state index contributed by atoms with van der Waals surface area (Å²) in [5.74, 6) is -0.428. The summed E-state index contributed by atoms with van der Waals surface area (Å²) in [6.07, 6.45) is -0.273. The van der Waals surface area contributed by atoms with Crippen LogP contribution in [0.2, 0.25) is 5.02 Å². The number of carbonyl (C=O) groups excluding carboxylic acids is 1. The van der Waals surface area contributed by atoms with Crippen LogP contribution in [0.5, 0.6) is 0 Å². The summed E-state index contributed by atoms with van der Waals surface area (Å²) in [5, 5.41) is 0.0661. The molecule has 0 radical (unpaired) electrons. The van der Waals surface area contributed by atoms with Crippen molar-refractivity contribution in [3.8, 4) is 0 Å². The Morgan fingerprint density at radius 2 is 2.11 bits per heavy atom. The van der Waals surface area contributed by atoms with Crippen molar-refractivity contribution in [2.45, 2.75) is 33.3 Å². The van der Waals surface area contributed by atoms with Crippen LogP contribution < -0.4 is 0 Å². The van der Waals surface area contributed by atoms with Crippen LogP contribution in [-0.4, -0.2) is 18.5 Å². The van der Waals surface area contributed by atoms with E-state index in [1.165, 1.54) is 12.1 Å². The van der Waals surface area contributed by atoms with Gasteiger partial charge in [-0.3, -0.25) is 4.79 Å². The lowest BCUT2D eigenvalue weighted by Gasteiger charge is -2.19.